The Balaban J connectivity index is 2.16. The van der Waals surface area contributed by atoms with Crippen molar-refractivity contribution < 1.29 is 14.3 Å². The van der Waals surface area contributed by atoms with E-state index in [1.165, 1.54) is 0 Å². The number of benzene rings is 1. The van der Waals surface area contributed by atoms with E-state index in [9.17, 15) is 9.59 Å². The number of piperidine rings is 1. The molecule has 1 aromatic carbocycles. The van der Waals surface area contributed by atoms with E-state index in [0.29, 0.717) is 30.9 Å². The molecule has 7 nitrogen and oxygen atoms in total. The summed E-state index contributed by atoms with van der Waals surface area (Å²) < 4.78 is 5.03. The Hall–Kier alpha value is -2.53. The zero-order valence-corrected chi connectivity index (χ0v) is 12.4. The summed E-state index contributed by atoms with van der Waals surface area (Å²) in [7, 11) is 0. The first-order valence-electron chi connectivity index (χ1n) is 7.27. The number of carbonyl (C=O) groups excluding carboxylic acids is 2. The van der Waals surface area contributed by atoms with E-state index >= 15 is 0 Å². The van der Waals surface area contributed by atoms with Gasteiger partial charge in [-0.15, -0.1) is 0 Å². The maximum absolute atomic E-state index is 12.6. The van der Waals surface area contributed by atoms with Crippen LogP contribution in [0.4, 0.5) is 5.69 Å². The van der Waals surface area contributed by atoms with Crippen molar-refractivity contribution in [2.75, 3.05) is 19.7 Å². The van der Waals surface area contributed by atoms with Crippen LogP contribution in [0.1, 0.15) is 30.1 Å². The van der Waals surface area contributed by atoms with Crippen molar-refractivity contribution in [2.24, 2.45) is 11.0 Å². The molecule has 0 aromatic heterocycles. The van der Waals surface area contributed by atoms with Gasteiger partial charge in [-0.3, -0.25) is 9.59 Å². The highest BCUT2D eigenvalue weighted by Gasteiger charge is 2.30. The quantitative estimate of drug-likeness (QED) is 0.370. The summed E-state index contributed by atoms with van der Waals surface area (Å²) in [6.07, 6.45) is 1.47. The molecular weight excluding hydrogens is 284 g/mol. The molecule has 1 unspecified atom stereocenters. The second kappa shape index (κ2) is 7.47. The molecule has 0 bridgehead atoms. The van der Waals surface area contributed by atoms with E-state index < -0.39 is 0 Å². The molecule has 1 fully saturated rings. The number of hydrogen-bond donors (Lipinski definition) is 0. The molecular formula is C15H18N4O3. The Morgan fingerprint density at radius 2 is 2.23 bits per heavy atom. The number of azide groups is 1. The number of amides is 1. The summed E-state index contributed by atoms with van der Waals surface area (Å²) in [4.78, 5) is 28.8. The molecule has 22 heavy (non-hydrogen) atoms. The minimum atomic E-state index is -0.288. The lowest BCUT2D eigenvalue weighted by molar-refractivity contribution is -0.149. The van der Waals surface area contributed by atoms with Crippen molar-refractivity contribution in [2.45, 2.75) is 19.8 Å². The van der Waals surface area contributed by atoms with Crippen LogP contribution in [0.2, 0.25) is 0 Å². The number of hydrogen-bond acceptors (Lipinski definition) is 4. The van der Waals surface area contributed by atoms with Crippen LogP contribution in [-0.4, -0.2) is 36.5 Å². The zero-order chi connectivity index (χ0) is 15.9. The number of nitrogens with zero attached hydrogens (tertiary/aromatic N) is 4. The van der Waals surface area contributed by atoms with Crippen molar-refractivity contribution in [1.29, 1.82) is 0 Å². The van der Waals surface area contributed by atoms with Gasteiger partial charge >= 0.3 is 5.97 Å². The molecule has 0 aliphatic carbocycles. The Labute approximate surface area is 128 Å². The fourth-order valence-corrected chi connectivity index (χ4v) is 2.57. The van der Waals surface area contributed by atoms with Gasteiger partial charge in [-0.1, -0.05) is 23.3 Å². The molecule has 1 aromatic rings. The summed E-state index contributed by atoms with van der Waals surface area (Å²) in [5, 5.41) is 3.55. The van der Waals surface area contributed by atoms with E-state index in [2.05, 4.69) is 10.0 Å². The number of ether oxygens (including phenoxy) is 1. The third-order valence-corrected chi connectivity index (χ3v) is 3.62. The number of likely N-dealkylation sites (tertiary alicyclic amines) is 1. The van der Waals surface area contributed by atoms with Gasteiger partial charge in [0, 0.05) is 23.6 Å². The van der Waals surface area contributed by atoms with E-state index in [1.54, 1.807) is 36.1 Å². The third-order valence-electron chi connectivity index (χ3n) is 3.62. The van der Waals surface area contributed by atoms with Crippen LogP contribution in [0.5, 0.6) is 0 Å². The first-order valence-corrected chi connectivity index (χ1v) is 7.27. The highest BCUT2D eigenvalue weighted by molar-refractivity contribution is 5.99. The molecule has 0 N–H and O–H groups in total. The third kappa shape index (κ3) is 3.56. The lowest BCUT2D eigenvalue weighted by Crippen LogP contribution is -2.42. The van der Waals surface area contributed by atoms with Crippen LogP contribution in [0.25, 0.3) is 10.4 Å². The fraction of sp³-hybridized carbons (Fsp3) is 0.467. The number of esters is 1. The molecule has 1 heterocycles. The van der Waals surface area contributed by atoms with E-state index in [0.717, 1.165) is 12.8 Å². The molecule has 1 saturated heterocycles. The second-order valence-electron chi connectivity index (χ2n) is 5.05. The molecule has 1 aliphatic heterocycles. The molecule has 1 aliphatic rings. The first kappa shape index (κ1) is 15.9. The second-order valence-corrected chi connectivity index (χ2v) is 5.05. The fourth-order valence-electron chi connectivity index (χ4n) is 2.57. The smallest absolute Gasteiger partial charge is 0.310 e. The number of carbonyl (C=O) groups is 2. The van der Waals surface area contributed by atoms with Crippen LogP contribution < -0.4 is 0 Å². The Morgan fingerprint density at radius 3 is 2.95 bits per heavy atom. The van der Waals surface area contributed by atoms with Crippen LogP contribution >= 0.6 is 0 Å². The van der Waals surface area contributed by atoms with Gasteiger partial charge in [0.05, 0.1) is 18.2 Å². The monoisotopic (exact) mass is 302 g/mol. The largest absolute Gasteiger partial charge is 0.466 e. The Kier molecular flexibility index (Phi) is 5.38. The summed E-state index contributed by atoms with van der Waals surface area (Å²) in [6, 6.07) is 6.65. The average Bonchev–Trinajstić information content (AvgIpc) is 2.55. The van der Waals surface area contributed by atoms with Crippen molar-refractivity contribution >= 4 is 17.6 Å². The highest BCUT2D eigenvalue weighted by atomic mass is 16.5. The first-order chi connectivity index (χ1) is 10.7. The summed E-state index contributed by atoms with van der Waals surface area (Å²) in [6.45, 7) is 3.02. The van der Waals surface area contributed by atoms with Crippen LogP contribution in [0.3, 0.4) is 0 Å². The van der Waals surface area contributed by atoms with Crippen molar-refractivity contribution in [3.8, 4) is 0 Å². The minimum Gasteiger partial charge on any atom is -0.466 e. The molecule has 7 heteroatoms. The van der Waals surface area contributed by atoms with Crippen molar-refractivity contribution in [3.63, 3.8) is 0 Å². The Bertz CT molecular complexity index is 611. The lowest BCUT2D eigenvalue weighted by Gasteiger charge is -2.31. The Morgan fingerprint density at radius 1 is 1.45 bits per heavy atom. The predicted molar refractivity (Wildman–Crippen MR) is 80.5 cm³/mol. The van der Waals surface area contributed by atoms with Crippen LogP contribution in [0.15, 0.2) is 29.4 Å². The summed E-state index contributed by atoms with van der Waals surface area (Å²) >= 11 is 0. The normalized spacial score (nSPS) is 17.5. The highest BCUT2D eigenvalue weighted by Crippen LogP contribution is 2.24. The van der Waals surface area contributed by atoms with Gasteiger partial charge in [-0.25, -0.2) is 0 Å². The molecule has 1 atom stereocenters. The minimum absolute atomic E-state index is 0.225. The standard InChI is InChI=1S/C15H18N4O3/c1-2-22-15(21)11-6-5-9-19(10-11)14(20)12-7-3-4-8-13(12)17-18-16/h3-4,7-8,11H,2,5-6,9-10H2,1H3. The molecule has 0 saturated carbocycles. The summed E-state index contributed by atoms with van der Waals surface area (Å²) in [5.74, 6) is -0.774. The van der Waals surface area contributed by atoms with Crippen LogP contribution in [0, 0.1) is 5.92 Å². The maximum atomic E-state index is 12.6. The van der Waals surface area contributed by atoms with Crippen molar-refractivity contribution in [1.82, 2.24) is 4.90 Å². The molecule has 0 spiro atoms. The molecule has 0 radical (unpaired) electrons. The van der Waals surface area contributed by atoms with Gasteiger partial charge in [0.15, 0.2) is 0 Å². The lowest BCUT2D eigenvalue weighted by atomic mass is 9.97. The molecule has 2 rings (SSSR count). The topological polar surface area (TPSA) is 95.4 Å². The molecule has 116 valence electrons. The van der Waals surface area contributed by atoms with Gasteiger partial charge in [0.2, 0.25) is 0 Å². The van der Waals surface area contributed by atoms with Gasteiger partial charge in [-0.2, -0.15) is 0 Å². The zero-order valence-electron chi connectivity index (χ0n) is 12.4. The maximum Gasteiger partial charge on any atom is 0.310 e. The van der Waals surface area contributed by atoms with Crippen LogP contribution in [-0.2, 0) is 9.53 Å². The predicted octanol–water partition coefficient (Wildman–Crippen LogP) is 3.04. The average molecular weight is 302 g/mol. The SMILES string of the molecule is CCOC(=O)C1CCCN(C(=O)c2ccccc2N=[N+]=[N-])C1. The van der Waals surface area contributed by atoms with Crippen molar-refractivity contribution in [3.05, 3.63) is 40.3 Å². The summed E-state index contributed by atoms with van der Waals surface area (Å²) in [5.41, 5.74) is 9.23. The van der Waals surface area contributed by atoms with E-state index in [-0.39, 0.29) is 17.8 Å². The van der Waals surface area contributed by atoms with Gasteiger partial charge in [0.1, 0.15) is 0 Å². The molecule has 1 amide bonds. The number of rotatable bonds is 4. The van der Waals surface area contributed by atoms with Gasteiger partial charge in [0.25, 0.3) is 5.91 Å². The van der Waals surface area contributed by atoms with Gasteiger partial charge < -0.3 is 9.64 Å². The van der Waals surface area contributed by atoms with E-state index in [4.69, 9.17) is 10.3 Å². The van der Waals surface area contributed by atoms with E-state index in [1.807, 2.05) is 0 Å². The van der Waals surface area contributed by atoms with Gasteiger partial charge in [-0.05, 0) is 31.4 Å².